The van der Waals surface area contributed by atoms with Crippen LogP contribution in [0.15, 0.2) is 48.9 Å². The molecule has 3 aromatic rings. The van der Waals surface area contributed by atoms with Crippen LogP contribution in [0.2, 0.25) is 0 Å². The highest BCUT2D eigenvalue weighted by molar-refractivity contribution is 6.16. The molecule has 0 spiro atoms. The second kappa shape index (κ2) is 4.07. The molecule has 2 heterocycles. The molecule has 0 atom stereocenters. The quantitative estimate of drug-likeness (QED) is 0.700. The molecule has 1 N–H and O–H groups in total. The Morgan fingerprint density at radius 1 is 1.28 bits per heavy atom. The summed E-state index contributed by atoms with van der Waals surface area (Å²) in [5.74, 6) is -0.453. The van der Waals surface area contributed by atoms with Crippen LogP contribution in [0.25, 0.3) is 10.9 Å². The van der Waals surface area contributed by atoms with E-state index in [-0.39, 0.29) is 11.6 Å². The van der Waals surface area contributed by atoms with Gasteiger partial charge in [0.05, 0.1) is 0 Å². The molecule has 88 valence electrons. The van der Waals surface area contributed by atoms with Crippen molar-refractivity contribution in [2.24, 2.45) is 0 Å². The molecule has 0 amide bonds. The molecule has 3 nitrogen and oxygen atoms in total. The first-order valence-corrected chi connectivity index (χ1v) is 5.47. The highest BCUT2D eigenvalue weighted by Crippen LogP contribution is 2.21. The molecule has 0 aliphatic carbocycles. The first-order chi connectivity index (χ1) is 8.75. The molecule has 0 aliphatic heterocycles. The van der Waals surface area contributed by atoms with Crippen LogP contribution in [0.5, 0.6) is 0 Å². The Bertz CT molecular complexity index is 719. The Kier molecular flexibility index (Phi) is 2.41. The molecule has 4 heteroatoms. The summed E-state index contributed by atoms with van der Waals surface area (Å²) in [4.78, 5) is 19.1. The summed E-state index contributed by atoms with van der Waals surface area (Å²) in [6.07, 6.45) is 4.73. The zero-order valence-corrected chi connectivity index (χ0v) is 9.35. The molecule has 0 radical (unpaired) electrons. The fourth-order valence-corrected chi connectivity index (χ4v) is 1.94. The lowest BCUT2D eigenvalue weighted by molar-refractivity contribution is 0.104. The SMILES string of the molecule is O=C(c1cccnc1)c1c[nH]c2cc(F)ccc12. The molecule has 0 aliphatic rings. The second-order valence-corrected chi connectivity index (χ2v) is 3.96. The van der Waals surface area contributed by atoms with Crippen LogP contribution >= 0.6 is 0 Å². The fourth-order valence-electron chi connectivity index (χ4n) is 1.94. The predicted octanol–water partition coefficient (Wildman–Crippen LogP) is 2.93. The number of benzene rings is 1. The Morgan fingerprint density at radius 2 is 2.17 bits per heavy atom. The first-order valence-electron chi connectivity index (χ1n) is 5.47. The number of carbonyl (C=O) groups is 1. The number of rotatable bonds is 2. The average molecular weight is 240 g/mol. The largest absolute Gasteiger partial charge is 0.360 e. The van der Waals surface area contributed by atoms with Crippen LogP contribution in [0.1, 0.15) is 15.9 Å². The van der Waals surface area contributed by atoms with Crippen molar-refractivity contribution in [1.29, 1.82) is 0 Å². The minimum atomic E-state index is -0.329. The van der Waals surface area contributed by atoms with Crippen molar-refractivity contribution >= 4 is 16.7 Å². The molecule has 3 rings (SSSR count). The zero-order chi connectivity index (χ0) is 12.5. The van der Waals surface area contributed by atoms with Gasteiger partial charge in [-0.3, -0.25) is 9.78 Å². The molecular formula is C14H9FN2O. The number of aromatic amines is 1. The average Bonchev–Trinajstić information content (AvgIpc) is 2.81. The van der Waals surface area contributed by atoms with Gasteiger partial charge in [0.2, 0.25) is 0 Å². The van der Waals surface area contributed by atoms with Gasteiger partial charge in [0.15, 0.2) is 5.78 Å². The molecule has 0 saturated carbocycles. The van der Waals surface area contributed by atoms with E-state index < -0.39 is 0 Å². The Morgan fingerprint density at radius 3 is 2.94 bits per heavy atom. The van der Waals surface area contributed by atoms with E-state index in [1.165, 1.54) is 18.3 Å². The normalized spacial score (nSPS) is 10.7. The third-order valence-electron chi connectivity index (χ3n) is 2.81. The third-order valence-corrected chi connectivity index (χ3v) is 2.81. The van der Waals surface area contributed by atoms with Gasteiger partial charge in [-0.1, -0.05) is 0 Å². The molecule has 0 bridgehead atoms. The van der Waals surface area contributed by atoms with E-state index in [0.717, 1.165) is 0 Å². The summed E-state index contributed by atoms with van der Waals surface area (Å²) in [6, 6.07) is 7.73. The third kappa shape index (κ3) is 1.68. The number of nitrogens with zero attached hydrogens (tertiary/aromatic N) is 1. The van der Waals surface area contributed by atoms with Gasteiger partial charge in [-0.25, -0.2) is 4.39 Å². The lowest BCUT2D eigenvalue weighted by atomic mass is 10.0. The van der Waals surface area contributed by atoms with Gasteiger partial charge >= 0.3 is 0 Å². The lowest BCUT2D eigenvalue weighted by Crippen LogP contribution is -2.00. The van der Waals surface area contributed by atoms with E-state index in [2.05, 4.69) is 9.97 Å². The van der Waals surface area contributed by atoms with Crippen LogP contribution < -0.4 is 0 Å². The van der Waals surface area contributed by atoms with E-state index in [4.69, 9.17) is 0 Å². The standard InChI is InChI=1S/C14H9FN2O/c15-10-3-4-11-12(8-17-13(11)6-10)14(18)9-2-1-5-16-7-9/h1-8,17H. The molecule has 18 heavy (non-hydrogen) atoms. The van der Waals surface area contributed by atoms with Crippen LogP contribution in [-0.4, -0.2) is 15.8 Å². The van der Waals surface area contributed by atoms with Crippen LogP contribution in [-0.2, 0) is 0 Å². The number of nitrogens with one attached hydrogen (secondary N) is 1. The number of hydrogen-bond donors (Lipinski definition) is 1. The van der Waals surface area contributed by atoms with Gasteiger partial charge in [0, 0.05) is 40.6 Å². The number of fused-ring (bicyclic) bond motifs is 1. The van der Waals surface area contributed by atoms with Gasteiger partial charge in [-0.15, -0.1) is 0 Å². The highest BCUT2D eigenvalue weighted by atomic mass is 19.1. The molecule has 0 fully saturated rings. The molecular weight excluding hydrogens is 231 g/mol. The fraction of sp³-hybridized carbons (Fsp3) is 0. The van der Waals surface area contributed by atoms with Crippen LogP contribution in [0.3, 0.4) is 0 Å². The maximum atomic E-state index is 13.1. The Labute approximate surface area is 102 Å². The van der Waals surface area contributed by atoms with Crippen molar-refractivity contribution in [2.45, 2.75) is 0 Å². The molecule has 0 saturated heterocycles. The van der Waals surface area contributed by atoms with E-state index in [1.807, 2.05) is 0 Å². The number of pyridine rings is 1. The summed E-state index contributed by atoms with van der Waals surface area (Å²) in [5.41, 5.74) is 1.66. The molecule has 2 aromatic heterocycles. The number of aromatic nitrogens is 2. The number of halogens is 1. The molecule has 0 unspecified atom stereocenters. The minimum absolute atomic E-state index is 0.124. The van der Waals surface area contributed by atoms with Crippen LogP contribution in [0, 0.1) is 5.82 Å². The van der Waals surface area contributed by atoms with Crippen LogP contribution in [0.4, 0.5) is 4.39 Å². The van der Waals surface area contributed by atoms with Crippen molar-refractivity contribution in [3.05, 3.63) is 65.9 Å². The summed E-state index contributed by atoms with van der Waals surface area (Å²) in [6.45, 7) is 0. The Hall–Kier alpha value is -2.49. The number of carbonyl (C=O) groups excluding carboxylic acids is 1. The summed E-state index contributed by atoms with van der Waals surface area (Å²) < 4.78 is 13.1. The van der Waals surface area contributed by atoms with Gasteiger partial charge in [0.25, 0.3) is 0 Å². The van der Waals surface area contributed by atoms with Gasteiger partial charge < -0.3 is 4.98 Å². The van der Waals surface area contributed by atoms with E-state index in [9.17, 15) is 9.18 Å². The van der Waals surface area contributed by atoms with Crippen molar-refractivity contribution in [3.63, 3.8) is 0 Å². The van der Waals surface area contributed by atoms with Gasteiger partial charge in [-0.05, 0) is 30.3 Å². The number of hydrogen-bond acceptors (Lipinski definition) is 2. The summed E-state index contributed by atoms with van der Waals surface area (Å²) in [7, 11) is 0. The van der Waals surface area contributed by atoms with E-state index in [1.54, 1.807) is 30.6 Å². The monoisotopic (exact) mass is 240 g/mol. The lowest BCUT2D eigenvalue weighted by Gasteiger charge is -1.98. The smallest absolute Gasteiger partial charge is 0.196 e. The van der Waals surface area contributed by atoms with Crippen molar-refractivity contribution in [1.82, 2.24) is 9.97 Å². The summed E-state index contributed by atoms with van der Waals surface area (Å²) in [5, 5.41) is 0.713. The van der Waals surface area contributed by atoms with Gasteiger partial charge in [0.1, 0.15) is 5.82 Å². The topological polar surface area (TPSA) is 45.8 Å². The minimum Gasteiger partial charge on any atom is -0.360 e. The Balaban J connectivity index is 2.13. The maximum Gasteiger partial charge on any atom is 0.196 e. The number of H-pyrrole nitrogens is 1. The zero-order valence-electron chi connectivity index (χ0n) is 9.35. The van der Waals surface area contributed by atoms with E-state index >= 15 is 0 Å². The maximum absolute atomic E-state index is 13.1. The van der Waals surface area contributed by atoms with Crippen molar-refractivity contribution in [2.75, 3.05) is 0 Å². The molecule has 1 aromatic carbocycles. The van der Waals surface area contributed by atoms with Crippen molar-refractivity contribution in [3.8, 4) is 0 Å². The first kappa shape index (κ1) is 10.7. The van der Waals surface area contributed by atoms with Gasteiger partial charge in [-0.2, -0.15) is 0 Å². The van der Waals surface area contributed by atoms with E-state index in [0.29, 0.717) is 22.0 Å². The predicted molar refractivity (Wildman–Crippen MR) is 65.9 cm³/mol. The second-order valence-electron chi connectivity index (χ2n) is 3.96. The van der Waals surface area contributed by atoms with Crippen molar-refractivity contribution < 1.29 is 9.18 Å². The highest BCUT2D eigenvalue weighted by Gasteiger charge is 2.14. The summed E-state index contributed by atoms with van der Waals surface area (Å²) >= 11 is 0. The number of ketones is 1.